The number of nitrogens with two attached hydrogens (primary N) is 1. The van der Waals surface area contributed by atoms with Crippen LogP contribution in [0, 0.1) is 6.92 Å². The lowest BCUT2D eigenvalue weighted by atomic mass is 10.1. The summed E-state index contributed by atoms with van der Waals surface area (Å²) in [5, 5.41) is 1.24. The summed E-state index contributed by atoms with van der Waals surface area (Å²) in [6.45, 7) is 9.45. The standard InChI is InChI=1S/C24H31N5O3S2/c1-17-20-14-21(18-3-2-4-19(25)13-18)26-24(29-9-11-32-12-10-29)23(20)33-22(17)15-27-5-7-28(8-6-27)16-34(30)31/h2-4,13-14H,5-12,15-16,25H2,1H3,(H,30,31)/p-1. The number of nitrogen functional groups attached to an aromatic ring is 1. The van der Waals surface area contributed by atoms with Crippen LogP contribution in [-0.4, -0.2) is 81.9 Å². The maximum Gasteiger partial charge on any atom is 0.147 e. The third-order valence-corrected chi connectivity index (χ3v) is 8.48. The van der Waals surface area contributed by atoms with E-state index >= 15 is 0 Å². The van der Waals surface area contributed by atoms with E-state index in [4.69, 9.17) is 15.5 Å². The molecule has 1 unspecified atom stereocenters. The molecule has 0 amide bonds. The number of hydrogen-bond donors (Lipinski definition) is 1. The molecule has 2 aromatic heterocycles. The highest BCUT2D eigenvalue weighted by atomic mass is 32.2. The van der Waals surface area contributed by atoms with E-state index in [0.717, 1.165) is 68.6 Å². The molecule has 34 heavy (non-hydrogen) atoms. The van der Waals surface area contributed by atoms with E-state index in [1.165, 1.54) is 20.5 Å². The number of pyridine rings is 1. The Morgan fingerprint density at radius 2 is 1.85 bits per heavy atom. The van der Waals surface area contributed by atoms with E-state index in [9.17, 15) is 8.76 Å². The second-order valence-corrected chi connectivity index (χ2v) is 10.9. The molecule has 2 fully saturated rings. The largest absolute Gasteiger partial charge is 0.771 e. The zero-order valence-corrected chi connectivity index (χ0v) is 21.0. The average Bonchev–Trinajstić information content (AvgIpc) is 3.15. The van der Waals surface area contributed by atoms with E-state index < -0.39 is 11.1 Å². The molecule has 2 saturated heterocycles. The monoisotopic (exact) mass is 500 g/mol. The smallest absolute Gasteiger partial charge is 0.147 e. The van der Waals surface area contributed by atoms with Crippen LogP contribution >= 0.6 is 11.3 Å². The van der Waals surface area contributed by atoms with Gasteiger partial charge in [0.15, 0.2) is 0 Å². The molecule has 0 saturated carbocycles. The lowest BCUT2D eigenvalue weighted by Crippen LogP contribution is -2.46. The van der Waals surface area contributed by atoms with Crippen LogP contribution in [0.15, 0.2) is 30.3 Å². The van der Waals surface area contributed by atoms with Crippen molar-refractivity contribution in [3.63, 3.8) is 0 Å². The SMILES string of the molecule is Cc1c(CN2CCN(CS(=O)[O-])CC2)sc2c(N3CCOCC3)nc(-c3cccc(N)c3)cc12. The van der Waals surface area contributed by atoms with Crippen molar-refractivity contribution in [2.24, 2.45) is 0 Å². The molecule has 3 aromatic rings. The Balaban J connectivity index is 1.47. The highest BCUT2D eigenvalue weighted by Gasteiger charge is 2.23. The van der Waals surface area contributed by atoms with Crippen molar-refractivity contribution in [3.05, 3.63) is 40.8 Å². The highest BCUT2D eigenvalue weighted by molar-refractivity contribution is 7.79. The normalized spacial score (nSPS) is 19.1. The first kappa shape index (κ1) is 23.7. The van der Waals surface area contributed by atoms with Crippen molar-refractivity contribution in [1.82, 2.24) is 14.8 Å². The predicted octanol–water partition coefficient (Wildman–Crippen LogP) is 2.64. The van der Waals surface area contributed by atoms with Crippen molar-refractivity contribution in [2.75, 3.05) is 69.0 Å². The molecule has 182 valence electrons. The second-order valence-electron chi connectivity index (χ2n) is 8.91. The number of fused-ring (bicyclic) bond motifs is 1. The van der Waals surface area contributed by atoms with Crippen molar-refractivity contribution in [1.29, 1.82) is 0 Å². The molecule has 2 aliphatic rings. The van der Waals surface area contributed by atoms with Gasteiger partial charge in [0.05, 0.1) is 29.5 Å². The fourth-order valence-electron chi connectivity index (χ4n) is 4.66. The highest BCUT2D eigenvalue weighted by Crippen LogP contribution is 2.40. The minimum absolute atomic E-state index is 0.122. The Bertz CT molecular complexity index is 1190. The van der Waals surface area contributed by atoms with Crippen LogP contribution in [0.2, 0.25) is 0 Å². The van der Waals surface area contributed by atoms with Crippen LogP contribution in [0.25, 0.3) is 21.3 Å². The summed E-state index contributed by atoms with van der Waals surface area (Å²) >= 11 is -0.188. The minimum atomic E-state index is -2.02. The Morgan fingerprint density at radius 3 is 2.56 bits per heavy atom. The zero-order valence-electron chi connectivity index (χ0n) is 19.4. The van der Waals surface area contributed by atoms with Gasteiger partial charge in [-0.2, -0.15) is 0 Å². The van der Waals surface area contributed by atoms with Crippen molar-refractivity contribution < 1.29 is 13.5 Å². The third kappa shape index (κ3) is 5.12. The van der Waals surface area contributed by atoms with Gasteiger partial charge in [-0.15, -0.1) is 11.3 Å². The van der Waals surface area contributed by atoms with Gasteiger partial charge in [0.25, 0.3) is 0 Å². The molecule has 5 rings (SSSR count). The molecule has 4 heterocycles. The number of aryl methyl sites for hydroxylation is 1. The summed E-state index contributed by atoms with van der Waals surface area (Å²) in [5.74, 6) is 1.15. The number of aromatic nitrogens is 1. The van der Waals surface area contributed by atoms with Crippen LogP contribution in [-0.2, 0) is 22.4 Å². The summed E-state index contributed by atoms with van der Waals surface area (Å²) in [4.78, 5) is 13.2. The first-order valence-electron chi connectivity index (χ1n) is 11.6. The molecule has 1 atom stereocenters. The number of benzene rings is 1. The quantitative estimate of drug-likeness (QED) is 0.408. The number of nitrogens with zero attached hydrogens (tertiary/aromatic N) is 4. The number of thiophene rings is 1. The van der Waals surface area contributed by atoms with Crippen molar-refractivity contribution in [3.8, 4) is 11.3 Å². The van der Waals surface area contributed by atoms with Gasteiger partial charge in [0.1, 0.15) is 5.82 Å². The lowest BCUT2D eigenvalue weighted by molar-refractivity contribution is 0.122. The summed E-state index contributed by atoms with van der Waals surface area (Å²) in [6.07, 6.45) is 0. The summed E-state index contributed by atoms with van der Waals surface area (Å²) < 4.78 is 28.9. The molecule has 0 radical (unpaired) electrons. The number of ether oxygens (including phenoxy) is 1. The third-order valence-electron chi connectivity index (χ3n) is 6.62. The Morgan fingerprint density at radius 1 is 1.12 bits per heavy atom. The first-order chi connectivity index (χ1) is 16.5. The van der Waals surface area contributed by atoms with E-state index in [0.29, 0.717) is 13.2 Å². The molecule has 1 aromatic carbocycles. The van der Waals surface area contributed by atoms with Crippen LogP contribution in [0.4, 0.5) is 11.5 Å². The number of piperazine rings is 1. The molecule has 0 aliphatic carbocycles. The second kappa shape index (κ2) is 10.3. The number of rotatable bonds is 6. The zero-order chi connectivity index (χ0) is 23.7. The van der Waals surface area contributed by atoms with Gasteiger partial charge in [0.2, 0.25) is 0 Å². The van der Waals surface area contributed by atoms with Gasteiger partial charge in [-0.05, 0) is 41.8 Å². The fraction of sp³-hybridized carbons (Fsp3) is 0.458. The van der Waals surface area contributed by atoms with E-state index in [1.807, 2.05) is 34.4 Å². The number of hydrogen-bond acceptors (Lipinski definition) is 9. The molecular weight excluding hydrogens is 470 g/mol. The van der Waals surface area contributed by atoms with E-state index in [-0.39, 0.29) is 5.88 Å². The van der Waals surface area contributed by atoms with Gasteiger partial charge in [-0.1, -0.05) is 12.1 Å². The van der Waals surface area contributed by atoms with E-state index in [2.05, 4.69) is 28.9 Å². The first-order valence-corrected chi connectivity index (χ1v) is 13.7. The van der Waals surface area contributed by atoms with Crippen LogP contribution in [0.5, 0.6) is 0 Å². The molecule has 8 nitrogen and oxygen atoms in total. The summed E-state index contributed by atoms with van der Waals surface area (Å²) in [7, 11) is 0. The molecule has 10 heteroatoms. The fourth-order valence-corrected chi connectivity index (χ4v) is 6.56. The van der Waals surface area contributed by atoms with Gasteiger partial charge in [0, 0.05) is 67.3 Å². The Hall–Kier alpha value is -2.08. The molecule has 2 aliphatic heterocycles. The number of morpholine rings is 1. The maximum absolute atomic E-state index is 11.0. The lowest BCUT2D eigenvalue weighted by Gasteiger charge is -2.34. The van der Waals surface area contributed by atoms with Crippen molar-refractivity contribution >= 4 is 44.0 Å². The predicted molar refractivity (Wildman–Crippen MR) is 138 cm³/mol. The van der Waals surface area contributed by atoms with Crippen LogP contribution in [0.3, 0.4) is 0 Å². The van der Waals surface area contributed by atoms with Crippen LogP contribution in [0.1, 0.15) is 10.4 Å². The molecular formula is C24H30N5O3S2-. The topological polar surface area (TPSA) is 98.0 Å². The summed E-state index contributed by atoms with van der Waals surface area (Å²) in [6, 6.07) is 10.1. The van der Waals surface area contributed by atoms with E-state index in [1.54, 1.807) is 0 Å². The van der Waals surface area contributed by atoms with Crippen LogP contribution < -0.4 is 10.6 Å². The summed E-state index contributed by atoms with van der Waals surface area (Å²) in [5.41, 5.74) is 10.1. The van der Waals surface area contributed by atoms with Gasteiger partial charge in [-0.3, -0.25) is 14.0 Å². The maximum atomic E-state index is 11.0. The van der Waals surface area contributed by atoms with Gasteiger partial charge >= 0.3 is 0 Å². The molecule has 0 bridgehead atoms. The molecule has 0 spiro atoms. The Kier molecular flexibility index (Phi) is 7.14. The van der Waals surface area contributed by atoms with Gasteiger partial charge in [-0.25, -0.2) is 4.98 Å². The number of anilines is 2. The Labute approximate surface area is 206 Å². The van der Waals surface area contributed by atoms with Crippen molar-refractivity contribution in [2.45, 2.75) is 13.5 Å². The molecule has 2 N–H and O–H groups in total. The minimum Gasteiger partial charge on any atom is -0.771 e. The van der Waals surface area contributed by atoms with Gasteiger partial charge < -0.3 is 19.9 Å². The average molecular weight is 501 g/mol.